The molecule has 1 aliphatic rings. The van der Waals surface area contributed by atoms with Crippen molar-refractivity contribution in [2.45, 2.75) is 44.1 Å². The van der Waals surface area contributed by atoms with E-state index >= 15 is 0 Å². The summed E-state index contributed by atoms with van der Waals surface area (Å²) in [7, 11) is 0. The topological polar surface area (TPSA) is 73.9 Å². The van der Waals surface area contributed by atoms with E-state index < -0.39 is 16.0 Å². The largest absolute Gasteiger partial charge is 0.367 e. The van der Waals surface area contributed by atoms with Crippen molar-refractivity contribution >= 4 is 34.8 Å². The average Bonchev–Trinajstić information content (AvgIpc) is 2.77. The molecule has 0 saturated carbocycles. The molecule has 1 heterocycles. The molecule has 1 amide bonds. The number of nitrogens with two attached hydrogens (primary N) is 1. The van der Waals surface area contributed by atoms with Gasteiger partial charge in [-0.05, 0) is 30.5 Å². The van der Waals surface area contributed by atoms with Gasteiger partial charge >= 0.3 is 0 Å². The summed E-state index contributed by atoms with van der Waals surface area (Å²) in [5, 5.41) is 0. The lowest BCUT2D eigenvalue weighted by molar-refractivity contribution is -0.224. The zero-order chi connectivity index (χ0) is 22.6. The molecule has 1 atom stereocenters. The summed E-state index contributed by atoms with van der Waals surface area (Å²) in [6.45, 7) is 6.17. The number of alkyl halides is 2. The highest BCUT2D eigenvalue weighted by molar-refractivity contribution is 6.60. The predicted molar refractivity (Wildman–Crippen MR) is 124 cm³/mol. The molecule has 0 fully saturated rings. The van der Waals surface area contributed by atoms with Crippen LogP contribution in [0.4, 0.5) is 0 Å². The number of hydrogen-bond acceptors (Lipinski definition) is 4. The molecule has 0 aromatic heterocycles. The molecule has 0 bridgehead atoms. The van der Waals surface area contributed by atoms with Crippen LogP contribution in [0.15, 0.2) is 76.9 Å². The minimum Gasteiger partial charge on any atom is -0.367 e. The molecule has 2 aromatic rings. The highest BCUT2D eigenvalue weighted by Gasteiger charge is 2.50. The fourth-order valence-electron chi connectivity index (χ4n) is 3.60. The smallest absolute Gasteiger partial charge is 0.260 e. The Hall–Kier alpha value is -2.18. The van der Waals surface area contributed by atoms with Gasteiger partial charge in [0.1, 0.15) is 0 Å². The molecule has 2 aromatic carbocycles. The van der Waals surface area contributed by atoms with Crippen molar-refractivity contribution in [3.8, 4) is 0 Å². The van der Waals surface area contributed by atoms with Crippen molar-refractivity contribution in [3.05, 3.63) is 83.1 Å². The molecule has 7 heteroatoms. The van der Waals surface area contributed by atoms with Crippen LogP contribution < -0.4 is 5.73 Å². The minimum absolute atomic E-state index is 0.218. The third-order valence-corrected chi connectivity index (χ3v) is 6.31. The van der Waals surface area contributed by atoms with Crippen molar-refractivity contribution < 1.29 is 14.3 Å². The lowest BCUT2D eigenvalue weighted by Crippen LogP contribution is -2.52. The van der Waals surface area contributed by atoms with Crippen molar-refractivity contribution in [2.75, 3.05) is 0 Å². The first-order valence-corrected chi connectivity index (χ1v) is 10.7. The number of aliphatic imine (C=N–C) groups is 1. The molecular formula is C24H26Cl2N2O3. The molecule has 0 spiro atoms. The third kappa shape index (κ3) is 4.85. The molecule has 0 saturated heterocycles. The maximum absolute atomic E-state index is 11.9. The van der Waals surface area contributed by atoms with E-state index in [1.165, 1.54) is 0 Å². The van der Waals surface area contributed by atoms with E-state index in [0.29, 0.717) is 24.5 Å². The molecule has 1 aliphatic heterocycles. The van der Waals surface area contributed by atoms with Crippen LogP contribution in [0.2, 0.25) is 0 Å². The van der Waals surface area contributed by atoms with Crippen LogP contribution in [-0.4, -0.2) is 21.7 Å². The van der Waals surface area contributed by atoms with Crippen molar-refractivity contribution in [1.82, 2.24) is 0 Å². The van der Waals surface area contributed by atoms with Crippen LogP contribution in [0.5, 0.6) is 0 Å². The Balaban J connectivity index is 1.98. The van der Waals surface area contributed by atoms with Gasteiger partial charge in [0.15, 0.2) is 0 Å². The minimum atomic E-state index is -1.94. The van der Waals surface area contributed by atoms with Gasteiger partial charge in [0.2, 0.25) is 10.1 Å². The summed E-state index contributed by atoms with van der Waals surface area (Å²) in [6.07, 6.45) is 0. The molecule has 2 N–H and O–H groups in total. The number of halogens is 2. The van der Waals surface area contributed by atoms with E-state index in [9.17, 15) is 4.79 Å². The average molecular weight is 461 g/mol. The number of ether oxygens (including phenoxy) is 2. The van der Waals surface area contributed by atoms with Gasteiger partial charge in [0.25, 0.3) is 5.91 Å². The molecule has 31 heavy (non-hydrogen) atoms. The van der Waals surface area contributed by atoms with Gasteiger partial charge in [0, 0.05) is 5.92 Å². The van der Waals surface area contributed by atoms with Crippen LogP contribution in [0.1, 0.15) is 31.9 Å². The number of amides is 1. The third-order valence-electron chi connectivity index (χ3n) is 5.58. The van der Waals surface area contributed by atoms with Gasteiger partial charge in [0.05, 0.1) is 24.6 Å². The molecule has 0 radical (unpaired) electrons. The second-order valence-corrected chi connectivity index (χ2v) is 8.93. The molecule has 164 valence electrons. The van der Waals surface area contributed by atoms with Gasteiger partial charge in [-0.3, -0.25) is 9.79 Å². The first-order valence-electron chi connectivity index (χ1n) is 9.99. The van der Waals surface area contributed by atoms with Gasteiger partial charge < -0.3 is 15.2 Å². The van der Waals surface area contributed by atoms with E-state index in [4.69, 9.17) is 38.4 Å². The standard InChI is InChI=1S/C24H26Cl2N2O3/c1-16-17(2)24(30-14-19-10-6-4-7-11-19,31-15-20-12-8-5-9-13-20)18(3)28-21(16)23(25,26)22(27)29/h4-13,17H,14-15H2,1-3H3,(H2,27,29). The number of carbonyl (C=O) groups excluding carboxylic acids is 1. The van der Waals surface area contributed by atoms with E-state index in [-0.39, 0.29) is 11.6 Å². The summed E-state index contributed by atoms with van der Waals surface area (Å²) in [5.41, 5.74) is 8.83. The quantitative estimate of drug-likeness (QED) is 0.436. The Kier molecular flexibility index (Phi) is 7.22. The van der Waals surface area contributed by atoms with Crippen LogP contribution in [0, 0.1) is 5.92 Å². The molecule has 5 nitrogen and oxygen atoms in total. The summed E-state index contributed by atoms with van der Waals surface area (Å²) in [4.78, 5) is 16.4. The fourth-order valence-corrected chi connectivity index (χ4v) is 3.98. The SMILES string of the molecule is CC1=NC(C(Cl)(Cl)C(N)=O)=C(C)C(C)C1(OCc1ccccc1)OCc1ccccc1. The van der Waals surface area contributed by atoms with Crippen LogP contribution in [0.3, 0.4) is 0 Å². The van der Waals surface area contributed by atoms with Crippen LogP contribution in [-0.2, 0) is 27.5 Å². The number of carbonyl (C=O) groups is 1. The van der Waals surface area contributed by atoms with E-state index in [0.717, 1.165) is 11.1 Å². The van der Waals surface area contributed by atoms with E-state index in [1.54, 1.807) is 6.92 Å². The zero-order valence-corrected chi connectivity index (χ0v) is 19.3. The van der Waals surface area contributed by atoms with Crippen LogP contribution in [0.25, 0.3) is 0 Å². The Morgan fingerprint density at radius 2 is 1.45 bits per heavy atom. The first kappa shape index (κ1) is 23.5. The van der Waals surface area contributed by atoms with Gasteiger partial charge in [-0.2, -0.15) is 0 Å². The number of benzene rings is 2. The van der Waals surface area contributed by atoms with E-state index in [1.807, 2.05) is 74.5 Å². The number of hydrogen-bond donors (Lipinski definition) is 1. The van der Waals surface area contributed by atoms with Crippen molar-refractivity contribution in [2.24, 2.45) is 16.6 Å². The van der Waals surface area contributed by atoms with E-state index in [2.05, 4.69) is 4.99 Å². The highest BCUT2D eigenvalue weighted by Crippen LogP contribution is 2.44. The van der Waals surface area contributed by atoms with Crippen molar-refractivity contribution in [3.63, 3.8) is 0 Å². The normalized spacial score (nSPS) is 18.6. The lowest BCUT2D eigenvalue weighted by Gasteiger charge is -2.43. The number of primary amides is 1. The second kappa shape index (κ2) is 9.53. The van der Waals surface area contributed by atoms with Crippen molar-refractivity contribution in [1.29, 1.82) is 0 Å². The van der Waals surface area contributed by atoms with Gasteiger partial charge in [-0.25, -0.2) is 0 Å². The summed E-state index contributed by atoms with van der Waals surface area (Å²) in [6, 6.07) is 19.6. The highest BCUT2D eigenvalue weighted by atomic mass is 35.5. The second-order valence-electron chi connectivity index (χ2n) is 7.61. The number of nitrogens with zero attached hydrogens (tertiary/aromatic N) is 1. The summed E-state index contributed by atoms with van der Waals surface area (Å²) < 4.78 is 10.9. The maximum Gasteiger partial charge on any atom is 0.260 e. The Bertz CT molecular complexity index is 945. The number of rotatable bonds is 8. The van der Waals surface area contributed by atoms with Crippen LogP contribution >= 0.6 is 23.2 Å². The summed E-state index contributed by atoms with van der Waals surface area (Å²) >= 11 is 12.5. The predicted octanol–water partition coefficient (Wildman–Crippen LogP) is 5.16. The first-order chi connectivity index (χ1) is 14.7. The molecule has 1 unspecified atom stereocenters. The monoisotopic (exact) mass is 460 g/mol. The summed E-state index contributed by atoms with van der Waals surface area (Å²) in [5.74, 6) is -2.37. The molecular weight excluding hydrogens is 435 g/mol. The Morgan fingerprint density at radius 3 is 1.87 bits per heavy atom. The lowest BCUT2D eigenvalue weighted by atomic mass is 9.84. The van der Waals surface area contributed by atoms with Gasteiger partial charge in [-0.1, -0.05) is 90.8 Å². The Morgan fingerprint density at radius 1 is 1.00 bits per heavy atom. The Labute approximate surface area is 192 Å². The van der Waals surface area contributed by atoms with Gasteiger partial charge in [-0.15, -0.1) is 0 Å². The fraction of sp³-hybridized carbons (Fsp3) is 0.333. The zero-order valence-electron chi connectivity index (χ0n) is 17.8. The molecule has 3 rings (SSSR count). The molecule has 0 aliphatic carbocycles. The maximum atomic E-state index is 11.9.